The molecule has 4 rings (SSSR count). The Balaban J connectivity index is 1.66. The summed E-state index contributed by atoms with van der Waals surface area (Å²) in [4.78, 5) is 16.6. The van der Waals surface area contributed by atoms with Crippen LogP contribution in [-0.2, 0) is 10.0 Å². The van der Waals surface area contributed by atoms with Crippen molar-refractivity contribution in [3.8, 4) is 0 Å². The third-order valence-corrected chi connectivity index (χ3v) is 7.18. The number of anilines is 1. The number of rotatable bonds is 3. The number of benzene rings is 2. The van der Waals surface area contributed by atoms with Gasteiger partial charge in [0, 0.05) is 25.6 Å². The van der Waals surface area contributed by atoms with Crippen LogP contribution in [0.3, 0.4) is 0 Å². The van der Waals surface area contributed by atoms with E-state index in [2.05, 4.69) is 4.40 Å². The highest BCUT2D eigenvalue weighted by Crippen LogP contribution is 2.35. The molecule has 1 fully saturated rings. The van der Waals surface area contributed by atoms with Gasteiger partial charge in [0.1, 0.15) is 16.5 Å². The average molecular weight is 430 g/mol. The number of carbonyl (C=O) groups excluding carboxylic acids is 1. The molecule has 0 bridgehead atoms. The summed E-state index contributed by atoms with van der Waals surface area (Å²) in [5.41, 5.74) is 1.66. The number of hydrogen-bond donors (Lipinski definition) is 0. The van der Waals surface area contributed by atoms with Gasteiger partial charge in [0.15, 0.2) is 0 Å². The maximum atomic E-state index is 13.2. The monoisotopic (exact) mass is 429 g/mol. The first-order chi connectivity index (χ1) is 14.3. The quantitative estimate of drug-likeness (QED) is 0.735. The molecule has 2 aliphatic heterocycles. The maximum absolute atomic E-state index is 13.2. The van der Waals surface area contributed by atoms with Gasteiger partial charge < -0.3 is 9.80 Å². The summed E-state index contributed by atoms with van der Waals surface area (Å²) in [6.45, 7) is 2.56. The third kappa shape index (κ3) is 3.71. The van der Waals surface area contributed by atoms with Gasteiger partial charge in [-0.05, 0) is 55.7 Å². The van der Waals surface area contributed by atoms with Crippen LogP contribution in [0.25, 0.3) is 0 Å². The van der Waals surface area contributed by atoms with E-state index in [4.69, 9.17) is 0 Å². The summed E-state index contributed by atoms with van der Waals surface area (Å²) in [5, 5.41) is 0. The van der Waals surface area contributed by atoms with Crippen molar-refractivity contribution in [1.82, 2.24) is 4.90 Å². The van der Waals surface area contributed by atoms with Crippen molar-refractivity contribution in [2.45, 2.75) is 43.5 Å². The molecule has 0 saturated carbocycles. The van der Waals surface area contributed by atoms with Crippen molar-refractivity contribution < 1.29 is 17.6 Å². The highest BCUT2D eigenvalue weighted by atomic mass is 32.2. The molecule has 0 spiro atoms. The molecule has 0 radical (unpaired) electrons. The van der Waals surface area contributed by atoms with Crippen LogP contribution in [0.2, 0.25) is 0 Å². The number of fused-ring (bicyclic) bond motifs is 3. The molecule has 0 aromatic heterocycles. The van der Waals surface area contributed by atoms with Gasteiger partial charge in [-0.3, -0.25) is 4.79 Å². The van der Waals surface area contributed by atoms with E-state index in [1.54, 1.807) is 31.3 Å². The van der Waals surface area contributed by atoms with Crippen LogP contribution in [0.15, 0.2) is 51.8 Å². The average Bonchev–Trinajstić information content (AvgIpc) is 2.97. The molecule has 8 heteroatoms. The molecule has 0 aliphatic carbocycles. The fourth-order valence-corrected chi connectivity index (χ4v) is 5.24. The number of carbonyl (C=O) groups is 1. The second-order valence-electron chi connectivity index (χ2n) is 7.77. The number of sulfonamides is 1. The van der Waals surface area contributed by atoms with Crippen molar-refractivity contribution >= 4 is 27.5 Å². The Morgan fingerprint density at radius 1 is 1.13 bits per heavy atom. The molecule has 6 nitrogen and oxygen atoms in total. The van der Waals surface area contributed by atoms with E-state index in [0.29, 0.717) is 17.9 Å². The lowest BCUT2D eigenvalue weighted by Crippen LogP contribution is -2.35. The van der Waals surface area contributed by atoms with Gasteiger partial charge in [0.05, 0.1) is 11.7 Å². The molecule has 1 atom stereocenters. The van der Waals surface area contributed by atoms with Crippen LogP contribution < -0.4 is 4.90 Å². The molecule has 2 heterocycles. The topological polar surface area (TPSA) is 70.0 Å². The Bertz CT molecular complexity index is 1110. The number of amidine groups is 1. The Hall–Kier alpha value is -2.74. The lowest BCUT2D eigenvalue weighted by atomic mass is 10.1. The zero-order valence-electron chi connectivity index (χ0n) is 17.0. The predicted octanol–water partition coefficient (Wildman–Crippen LogP) is 4.14. The zero-order valence-corrected chi connectivity index (χ0v) is 17.8. The van der Waals surface area contributed by atoms with Gasteiger partial charge in [-0.1, -0.05) is 18.6 Å². The van der Waals surface area contributed by atoms with Gasteiger partial charge in [-0.25, -0.2) is 4.39 Å². The predicted molar refractivity (Wildman–Crippen MR) is 114 cm³/mol. The SMILES string of the molecule is CC(c1ccc(F)cc1)N(C)C(=O)c1ccc2c(c1)S(=O)(=O)N=C1CCCCCN12. The summed E-state index contributed by atoms with van der Waals surface area (Å²) in [5.74, 6) is -0.0649. The van der Waals surface area contributed by atoms with Gasteiger partial charge in [-0.15, -0.1) is 4.40 Å². The van der Waals surface area contributed by atoms with E-state index in [1.165, 1.54) is 23.1 Å². The highest BCUT2D eigenvalue weighted by molar-refractivity contribution is 7.90. The second kappa shape index (κ2) is 7.83. The molecule has 158 valence electrons. The molecule has 2 aromatic rings. The standard InChI is InChI=1S/C22H24FN3O3S/c1-15(16-7-10-18(23)11-8-16)25(2)22(27)17-9-12-19-20(14-17)30(28,29)24-21-6-4-3-5-13-26(19)21/h7-12,14-15H,3-6,13H2,1-2H3. The molecule has 1 unspecified atom stereocenters. The smallest absolute Gasteiger partial charge is 0.286 e. The summed E-state index contributed by atoms with van der Waals surface area (Å²) in [7, 11) is -2.21. The lowest BCUT2D eigenvalue weighted by molar-refractivity contribution is 0.0742. The minimum absolute atomic E-state index is 0.0711. The van der Waals surface area contributed by atoms with Gasteiger partial charge >= 0.3 is 0 Å². The van der Waals surface area contributed by atoms with E-state index in [1.807, 2.05) is 11.8 Å². The Kier molecular flexibility index (Phi) is 5.36. The zero-order chi connectivity index (χ0) is 21.5. The Morgan fingerprint density at radius 3 is 2.60 bits per heavy atom. The number of hydrogen-bond acceptors (Lipinski definition) is 4. The first kappa shape index (κ1) is 20.5. The third-order valence-electron chi connectivity index (χ3n) is 5.85. The Morgan fingerprint density at radius 2 is 1.87 bits per heavy atom. The van der Waals surface area contributed by atoms with E-state index in [0.717, 1.165) is 31.4 Å². The van der Waals surface area contributed by atoms with Crippen molar-refractivity contribution in [1.29, 1.82) is 0 Å². The van der Waals surface area contributed by atoms with Crippen molar-refractivity contribution in [3.05, 3.63) is 59.4 Å². The second-order valence-corrected chi connectivity index (χ2v) is 9.34. The number of nitrogens with zero attached hydrogens (tertiary/aromatic N) is 3. The van der Waals surface area contributed by atoms with E-state index < -0.39 is 10.0 Å². The summed E-state index contributed by atoms with van der Waals surface area (Å²) in [6.07, 6.45) is 3.56. The normalized spacial score (nSPS) is 18.5. The van der Waals surface area contributed by atoms with E-state index in [-0.39, 0.29) is 28.2 Å². The van der Waals surface area contributed by atoms with Crippen LogP contribution in [0.1, 0.15) is 54.6 Å². The van der Waals surface area contributed by atoms with Gasteiger partial charge in [0.25, 0.3) is 15.9 Å². The summed E-state index contributed by atoms with van der Waals surface area (Å²) < 4.78 is 42.8. The Labute approximate surface area is 176 Å². The highest BCUT2D eigenvalue weighted by Gasteiger charge is 2.32. The molecular weight excluding hydrogens is 405 g/mol. The number of amides is 1. The van der Waals surface area contributed by atoms with Crippen LogP contribution >= 0.6 is 0 Å². The lowest BCUT2D eigenvalue weighted by Gasteiger charge is -2.30. The van der Waals surface area contributed by atoms with Crippen LogP contribution in [0, 0.1) is 5.82 Å². The first-order valence-electron chi connectivity index (χ1n) is 10.1. The largest absolute Gasteiger partial charge is 0.335 e. The maximum Gasteiger partial charge on any atom is 0.286 e. The molecular formula is C22H24FN3O3S. The van der Waals surface area contributed by atoms with Gasteiger partial charge in [0.2, 0.25) is 0 Å². The minimum Gasteiger partial charge on any atom is -0.335 e. The van der Waals surface area contributed by atoms with E-state index in [9.17, 15) is 17.6 Å². The molecule has 1 amide bonds. The van der Waals surface area contributed by atoms with Crippen molar-refractivity contribution in [3.63, 3.8) is 0 Å². The minimum atomic E-state index is -3.85. The first-order valence-corrected chi connectivity index (χ1v) is 11.5. The summed E-state index contributed by atoms with van der Waals surface area (Å²) in [6, 6.07) is 10.5. The van der Waals surface area contributed by atoms with Crippen LogP contribution in [0.5, 0.6) is 0 Å². The fourth-order valence-electron chi connectivity index (χ4n) is 3.96. The van der Waals surface area contributed by atoms with Crippen LogP contribution in [-0.4, -0.2) is 38.7 Å². The molecule has 2 aromatic carbocycles. The molecule has 0 N–H and O–H groups in total. The fraction of sp³-hybridized carbons (Fsp3) is 0.364. The van der Waals surface area contributed by atoms with E-state index >= 15 is 0 Å². The van der Waals surface area contributed by atoms with Gasteiger partial charge in [-0.2, -0.15) is 8.42 Å². The van der Waals surface area contributed by atoms with Crippen molar-refractivity contribution in [2.24, 2.45) is 4.40 Å². The van der Waals surface area contributed by atoms with Crippen molar-refractivity contribution in [2.75, 3.05) is 18.5 Å². The van der Waals surface area contributed by atoms with Crippen LogP contribution in [0.4, 0.5) is 10.1 Å². The molecule has 1 saturated heterocycles. The number of halogens is 1. The summed E-state index contributed by atoms with van der Waals surface area (Å²) >= 11 is 0. The molecule has 30 heavy (non-hydrogen) atoms. The molecule has 2 aliphatic rings.